The zero-order chi connectivity index (χ0) is 21.7. The highest BCUT2D eigenvalue weighted by Crippen LogP contribution is 2.45. The molecule has 0 aliphatic carbocycles. The first-order valence-corrected chi connectivity index (χ1v) is 10.5. The fraction of sp³-hybridized carbons (Fsp3) is 0.308. The average molecular weight is 420 g/mol. The number of hydrogen-bond donors (Lipinski definition) is 2. The summed E-state index contributed by atoms with van der Waals surface area (Å²) in [4.78, 5) is 0. The Hall–Kier alpha value is -2.86. The van der Waals surface area contributed by atoms with Crippen molar-refractivity contribution in [1.82, 2.24) is 5.32 Å². The van der Waals surface area contributed by atoms with Crippen LogP contribution in [0, 0.1) is 5.92 Å². The summed E-state index contributed by atoms with van der Waals surface area (Å²) in [5.41, 5.74) is 2.18. The lowest BCUT2D eigenvalue weighted by Crippen LogP contribution is -2.45. The Labute approximate surface area is 183 Å². The number of methoxy groups -OCH3 is 2. The van der Waals surface area contributed by atoms with Crippen molar-refractivity contribution in [2.24, 2.45) is 5.92 Å². The summed E-state index contributed by atoms with van der Waals surface area (Å²) in [6, 6.07) is 26.0. The fourth-order valence-corrected chi connectivity index (χ4v) is 4.40. The molecule has 0 spiro atoms. The second-order valence-electron chi connectivity index (χ2n) is 7.80. The molecule has 3 aromatic rings. The Kier molecular flexibility index (Phi) is 6.56. The molecule has 5 nitrogen and oxygen atoms in total. The van der Waals surface area contributed by atoms with Gasteiger partial charge in [-0.05, 0) is 41.0 Å². The maximum absolute atomic E-state index is 11.0. The maximum Gasteiger partial charge on any atom is 0.125 e. The molecule has 1 fully saturated rings. The predicted octanol–water partition coefficient (Wildman–Crippen LogP) is 3.74. The molecule has 0 radical (unpaired) electrons. The van der Waals surface area contributed by atoms with E-state index in [2.05, 4.69) is 17.4 Å². The molecule has 162 valence electrons. The number of rotatable bonds is 8. The van der Waals surface area contributed by atoms with Crippen molar-refractivity contribution in [2.75, 3.05) is 27.3 Å². The summed E-state index contributed by atoms with van der Waals surface area (Å²) in [5, 5.41) is 14.3. The molecule has 2 N–H and O–H groups in total. The number of aliphatic hydroxyl groups is 1. The Morgan fingerprint density at radius 2 is 1.35 bits per heavy atom. The second-order valence-corrected chi connectivity index (χ2v) is 7.80. The van der Waals surface area contributed by atoms with E-state index in [1.54, 1.807) is 14.2 Å². The summed E-state index contributed by atoms with van der Waals surface area (Å²) in [7, 11) is 3.31. The molecule has 4 rings (SSSR count). The molecule has 3 aromatic carbocycles. The molecular formula is C26H29NO4. The van der Waals surface area contributed by atoms with Gasteiger partial charge in [0.2, 0.25) is 0 Å². The Morgan fingerprint density at radius 1 is 0.806 bits per heavy atom. The van der Waals surface area contributed by atoms with Gasteiger partial charge in [-0.3, -0.25) is 0 Å². The third kappa shape index (κ3) is 4.30. The van der Waals surface area contributed by atoms with Gasteiger partial charge >= 0.3 is 0 Å². The van der Waals surface area contributed by atoms with Crippen LogP contribution in [0.4, 0.5) is 0 Å². The molecular weight excluding hydrogens is 390 g/mol. The molecule has 31 heavy (non-hydrogen) atoms. The van der Waals surface area contributed by atoms with Gasteiger partial charge in [-0.15, -0.1) is 0 Å². The van der Waals surface area contributed by atoms with E-state index in [4.69, 9.17) is 14.2 Å². The molecule has 2 atom stereocenters. The van der Waals surface area contributed by atoms with Gasteiger partial charge in [-0.2, -0.15) is 0 Å². The molecule has 2 unspecified atom stereocenters. The number of aliphatic hydroxyl groups excluding tert-OH is 1. The van der Waals surface area contributed by atoms with Crippen LogP contribution in [-0.2, 0) is 16.9 Å². The molecule has 0 amide bonds. The zero-order valence-corrected chi connectivity index (χ0v) is 18.0. The summed E-state index contributed by atoms with van der Waals surface area (Å²) in [5.74, 6) is 1.39. The van der Waals surface area contributed by atoms with Crippen molar-refractivity contribution in [1.29, 1.82) is 0 Å². The topological polar surface area (TPSA) is 60.0 Å². The number of hydrogen-bond acceptors (Lipinski definition) is 5. The summed E-state index contributed by atoms with van der Waals surface area (Å²) in [6.45, 7) is 1.60. The standard InChI is InChI=1S/C26H29NO4/c1-29-22-12-8-20(9-13-22)26(24-16-27-17-25(24)28,21-10-14-23(30-2)15-11-21)31-18-19-6-4-3-5-7-19/h3-15,24-25,27-28H,16-18H2,1-2H3. The van der Waals surface area contributed by atoms with Crippen molar-refractivity contribution in [2.45, 2.75) is 18.3 Å². The third-order valence-electron chi connectivity index (χ3n) is 6.05. The van der Waals surface area contributed by atoms with Gasteiger partial charge in [-0.25, -0.2) is 0 Å². The van der Waals surface area contributed by atoms with E-state index < -0.39 is 11.7 Å². The first kappa shape index (κ1) is 21.4. The van der Waals surface area contributed by atoms with Gasteiger partial charge in [0.05, 0.1) is 26.9 Å². The van der Waals surface area contributed by atoms with Crippen molar-refractivity contribution >= 4 is 0 Å². The van der Waals surface area contributed by atoms with Crippen LogP contribution in [0.3, 0.4) is 0 Å². The van der Waals surface area contributed by atoms with Crippen LogP contribution >= 0.6 is 0 Å². The highest BCUT2D eigenvalue weighted by atomic mass is 16.5. The molecule has 0 saturated carbocycles. The number of β-amino-alcohol motifs (C(OH)–C–C–N with tert-alkyl or cyclic N) is 1. The van der Waals surface area contributed by atoms with Crippen LogP contribution < -0.4 is 14.8 Å². The predicted molar refractivity (Wildman–Crippen MR) is 120 cm³/mol. The molecule has 5 heteroatoms. The number of benzene rings is 3. The highest BCUT2D eigenvalue weighted by molar-refractivity contribution is 5.43. The Bertz CT molecular complexity index is 909. The number of ether oxygens (including phenoxy) is 3. The molecule has 1 aliphatic heterocycles. The van der Waals surface area contributed by atoms with Crippen molar-refractivity contribution in [3.63, 3.8) is 0 Å². The SMILES string of the molecule is COc1ccc(C(OCc2ccccc2)(c2ccc(OC)cc2)C2CNCC2O)cc1. The Morgan fingerprint density at radius 3 is 1.81 bits per heavy atom. The van der Waals surface area contributed by atoms with Gasteiger partial charge in [0.1, 0.15) is 17.1 Å². The maximum atomic E-state index is 11.0. The van der Waals surface area contributed by atoms with Crippen LogP contribution in [-0.4, -0.2) is 38.5 Å². The van der Waals surface area contributed by atoms with E-state index in [9.17, 15) is 5.11 Å². The van der Waals surface area contributed by atoms with Crippen LogP contribution in [0.2, 0.25) is 0 Å². The van der Waals surface area contributed by atoms with E-state index >= 15 is 0 Å². The van der Waals surface area contributed by atoms with Crippen LogP contribution in [0.25, 0.3) is 0 Å². The monoisotopic (exact) mass is 419 g/mol. The van der Waals surface area contributed by atoms with Crippen LogP contribution in [0.5, 0.6) is 11.5 Å². The quantitative estimate of drug-likeness (QED) is 0.582. The zero-order valence-electron chi connectivity index (χ0n) is 18.0. The van der Waals surface area contributed by atoms with E-state index in [0.29, 0.717) is 19.7 Å². The molecule has 1 heterocycles. The smallest absolute Gasteiger partial charge is 0.125 e. The lowest BCUT2D eigenvalue weighted by molar-refractivity contribution is -0.0935. The van der Waals surface area contributed by atoms with E-state index in [1.165, 1.54) is 0 Å². The van der Waals surface area contributed by atoms with E-state index in [0.717, 1.165) is 28.2 Å². The van der Waals surface area contributed by atoms with E-state index in [1.807, 2.05) is 66.7 Å². The molecule has 1 saturated heterocycles. The minimum absolute atomic E-state index is 0.169. The summed E-state index contributed by atoms with van der Waals surface area (Å²) >= 11 is 0. The normalized spacial score (nSPS) is 18.7. The lowest BCUT2D eigenvalue weighted by atomic mass is 9.74. The minimum Gasteiger partial charge on any atom is -0.497 e. The van der Waals surface area contributed by atoms with Crippen molar-refractivity contribution in [3.8, 4) is 11.5 Å². The van der Waals surface area contributed by atoms with Crippen LogP contribution in [0.1, 0.15) is 16.7 Å². The lowest BCUT2D eigenvalue weighted by Gasteiger charge is -2.41. The molecule has 1 aliphatic rings. The van der Waals surface area contributed by atoms with Gasteiger partial charge in [-0.1, -0.05) is 54.6 Å². The number of nitrogens with one attached hydrogen (secondary N) is 1. The van der Waals surface area contributed by atoms with Crippen molar-refractivity contribution < 1.29 is 19.3 Å². The largest absolute Gasteiger partial charge is 0.497 e. The van der Waals surface area contributed by atoms with E-state index in [-0.39, 0.29) is 5.92 Å². The highest BCUT2D eigenvalue weighted by Gasteiger charge is 2.48. The van der Waals surface area contributed by atoms with Crippen LogP contribution in [0.15, 0.2) is 78.9 Å². The molecule has 0 bridgehead atoms. The summed E-state index contributed by atoms with van der Waals surface area (Å²) in [6.07, 6.45) is -0.542. The van der Waals surface area contributed by atoms with Gasteiger partial charge in [0.15, 0.2) is 0 Å². The first-order chi connectivity index (χ1) is 15.2. The Balaban J connectivity index is 1.85. The van der Waals surface area contributed by atoms with Crippen molar-refractivity contribution in [3.05, 3.63) is 95.6 Å². The average Bonchev–Trinajstić information content (AvgIpc) is 3.27. The third-order valence-corrected chi connectivity index (χ3v) is 6.05. The van der Waals surface area contributed by atoms with Gasteiger partial charge in [0.25, 0.3) is 0 Å². The minimum atomic E-state index is -0.850. The summed E-state index contributed by atoms with van der Waals surface area (Å²) < 4.78 is 17.6. The fourth-order valence-electron chi connectivity index (χ4n) is 4.40. The second kappa shape index (κ2) is 9.52. The van der Waals surface area contributed by atoms with Gasteiger partial charge < -0.3 is 24.6 Å². The first-order valence-electron chi connectivity index (χ1n) is 10.5. The van der Waals surface area contributed by atoms with Gasteiger partial charge in [0, 0.05) is 19.0 Å². The molecule has 0 aromatic heterocycles.